The van der Waals surface area contributed by atoms with Crippen molar-refractivity contribution < 1.29 is 13.2 Å². The Morgan fingerprint density at radius 3 is 2.18 bits per heavy atom. The van der Waals surface area contributed by atoms with Gasteiger partial charge in [0.05, 0.1) is 4.90 Å². The van der Waals surface area contributed by atoms with Crippen molar-refractivity contribution in [2.24, 2.45) is 5.14 Å². The molecule has 0 radical (unpaired) electrons. The van der Waals surface area contributed by atoms with Gasteiger partial charge in [0.1, 0.15) is 0 Å². The zero-order valence-electron chi connectivity index (χ0n) is 11.4. The number of hydrogen-bond acceptors (Lipinski definition) is 4. The number of allylic oxidation sites excluding steroid dienone is 1. The Kier molecular flexibility index (Phi) is 5.12. The fourth-order valence-electron chi connectivity index (χ4n) is 1.66. The van der Waals surface area contributed by atoms with Gasteiger partial charge < -0.3 is 5.32 Å². The van der Waals surface area contributed by atoms with Gasteiger partial charge in [-0.15, -0.1) is 0 Å². The van der Waals surface area contributed by atoms with Gasteiger partial charge in [0.25, 0.3) is 0 Å². The highest BCUT2D eigenvalue weighted by molar-refractivity contribution is 9.10. The van der Waals surface area contributed by atoms with Gasteiger partial charge in [-0.3, -0.25) is 4.79 Å². The first-order valence-corrected chi connectivity index (χ1v) is 8.56. The van der Waals surface area contributed by atoms with Crippen LogP contribution in [0.15, 0.2) is 70.2 Å². The lowest BCUT2D eigenvalue weighted by Crippen LogP contribution is -2.11. The normalized spacial score (nSPS) is 11.5. The van der Waals surface area contributed by atoms with Crippen molar-refractivity contribution in [1.29, 1.82) is 0 Å². The summed E-state index contributed by atoms with van der Waals surface area (Å²) in [4.78, 5) is 11.9. The molecule has 0 fully saturated rings. The minimum absolute atomic E-state index is 0.0352. The van der Waals surface area contributed by atoms with Gasteiger partial charge >= 0.3 is 0 Å². The van der Waals surface area contributed by atoms with Crippen molar-refractivity contribution in [3.05, 3.63) is 70.8 Å². The van der Waals surface area contributed by atoms with E-state index in [1.807, 2.05) is 0 Å². The number of benzene rings is 2. The molecule has 0 heterocycles. The van der Waals surface area contributed by atoms with Crippen LogP contribution in [-0.2, 0) is 10.0 Å². The van der Waals surface area contributed by atoms with Crippen LogP contribution in [0.5, 0.6) is 0 Å². The third kappa shape index (κ3) is 4.52. The number of sulfonamides is 1. The van der Waals surface area contributed by atoms with Gasteiger partial charge in [-0.2, -0.15) is 0 Å². The number of halogens is 1. The first kappa shape index (κ1) is 16.4. The third-order valence-corrected chi connectivity index (χ3v) is 4.25. The van der Waals surface area contributed by atoms with E-state index in [9.17, 15) is 13.2 Å². The van der Waals surface area contributed by atoms with E-state index in [0.717, 1.165) is 4.47 Å². The molecule has 0 spiro atoms. The van der Waals surface area contributed by atoms with Crippen molar-refractivity contribution in [2.75, 3.05) is 5.32 Å². The van der Waals surface area contributed by atoms with E-state index < -0.39 is 10.0 Å². The molecule has 2 aromatic carbocycles. The maximum atomic E-state index is 11.9. The molecule has 0 bridgehead atoms. The molecule has 0 saturated carbocycles. The van der Waals surface area contributed by atoms with Crippen LogP contribution in [0, 0.1) is 0 Å². The molecular weight excluding hydrogens is 368 g/mol. The Morgan fingerprint density at radius 1 is 1.05 bits per heavy atom. The smallest absolute Gasteiger partial charge is 0.238 e. The van der Waals surface area contributed by atoms with Crippen LogP contribution in [0.2, 0.25) is 0 Å². The Bertz CT molecular complexity index is 798. The molecule has 3 N–H and O–H groups in total. The molecule has 0 aliphatic rings. The number of ketones is 1. The highest BCUT2D eigenvalue weighted by Crippen LogP contribution is 2.13. The van der Waals surface area contributed by atoms with E-state index >= 15 is 0 Å². The summed E-state index contributed by atoms with van der Waals surface area (Å²) in [5, 5.41) is 7.90. The summed E-state index contributed by atoms with van der Waals surface area (Å²) in [6, 6.07) is 12.9. The first-order chi connectivity index (χ1) is 10.4. The first-order valence-electron chi connectivity index (χ1n) is 6.22. The molecular formula is C15H13BrN2O3S. The summed E-state index contributed by atoms with van der Waals surface area (Å²) < 4.78 is 23.2. The van der Waals surface area contributed by atoms with Crippen molar-refractivity contribution >= 4 is 37.4 Å². The van der Waals surface area contributed by atoms with Crippen molar-refractivity contribution in [3.63, 3.8) is 0 Å². The average molecular weight is 381 g/mol. The molecule has 114 valence electrons. The number of carbonyl (C=O) groups is 1. The lowest BCUT2D eigenvalue weighted by molar-refractivity contribution is 0.104. The maximum absolute atomic E-state index is 11.9. The molecule has 5 nitrogen and oxygen atoms in total. The topological polar surface area (TPSA) is 89.3 Å². The lowest BCUT2D eigenvalue weighted by Gasteiger charge is -2.02. The van der Waals surface area contributed by atoms with Gasteiger partial charge in [0.15, 0.2) is 5.78 Å². The van der Waals surface area contributed by atoms with E-state index in [1.165, 1.54) is 24.4 Å². The second-order valence-corrected chi connectivity index (χ2v) is 6.90. The average Bonchev–Trinajstić information content (AvgIpc) is 2.47. The van der Waals surface area contributed by atoms with E-state index in [-0.39, 0.29) is 10.7 Å². The van der Waals surface area contributed by atoms with Crippen LogP contribution in [0.1, 0.15) is 10.4 Å². The predicted molar refractivity (Wildman–Crippen MR) is 89.1 cm³/mol. The molecule has 0 amide bonds. The van der Waals surface area contributed by atoms with Crippen molar-refractivity contribution in [1.82, 2.24) is 0 Å². The van der Waals surface area contributed by atoms with Crippen LogP contribution in [0.4, 0.5) is 5.69 Å². The molecule has 22 heavy (non-hydrogen) atoms. The van der Waals surface area contributed by atoms with E-state index in [0.29, 0.717) is 11.3 Å². The SMILES string of the molecule is NS(=O)(=O)c1ccc(NC=CC(=O)c2ccc(Br)cc2)cc1. The van der Waals surface area contributed by atoms with E-state index in [1.54, 1.807) is 36.4 Å². The number of anilines is 1. The van der Waals surface area contributed by atoms with Gasteiger partial charge in [-0.25, -0.2) is 13.6 Å². The lowest BCUT2D eigenvalue weighted by atomic mass is 10.1. The number of primary sulfonamides is 1. The summed E-state index contributed by atoms with van der Waals surface area (Å²) in [6.45, 7) is 0. The summed E-state index contributed by atoms with van der Waals surface area (Å²) in [6.07, 6.45) is 2.90. The Balaban J connectivity index is 2.00. The zero-order valence-corrected chi connectivity index (χ0v) is 13.8. The number of nitrogens with one attached hydrogen (secondary N) is 1. The number of carbonyl (C=O) groups excluding carboxylic acids is 1. The molecule has 0 aliphatic carbocycles. The fraction of sp³-hybridized carbons (Fsp3) is 0. The number of hydrogen-bond donors (Lipinski definition) is 2. The second-order valence-electron chi connectivity index (χ2n) is 4.42. The molecule has 0 unspecified atom stereocenters. The van der Waals surface area contributed by atoms with Crippen molar-refractivity contribution in [3.8, 4) is 0 Å². The van der Waals surface area contributed by atoms with Crippen molar-refractivity contribution in [2.45, 2.75) is 4.90 Å². The highest BCUT2D eigenvalue weighted by atomic mass is 79.9. The fourth-order valence-corrected chi connectivity index (χ4v) is 2.44. The molecule has 0 saturated heterocycles. The number of nitrogens with two attached hydrogens (primary N) is 1. The minimum Gasteiger partial charge on any atom is -0.362 e. The van der Waals surface area contributed by atoms with Gasteiger partial charge in [0, 0.05) is 28.0 Å². The molecule has 7 heteroatoms. The van der Waals surface area contributed by atoms with Crippen LogP contribution in [0.25, 0.3) is 0 Å². The third-order valence-electron chi connectivity index (χ3n) is 2.80. The second kappa shape index (κ2) is 6.87. The Hall–Kier alpha value is -1.96. The van der Waals surface area contributed by atoms with Crippen LogP contribution < -0.4 is 10.5 Å². The van der Waals surface area contributed by atoms with Crippen LogP contribution >= 0.6 is 15.9 Å². The molecule has 0 atom stereocenters. The van der Waals surface area contributed by atoms with Gasteiger partial charge in [-0.1, -0.05) is 15.9 Å². The number of rotatable bonds is 5. The zero-order chi connectivity index (χ0) is 16.2. The summed E-state index contributed by atoms with van der Waals surface area (Å²) in [5.41, 5.74) is 1.22. The Morgan fingerprint density at radius 2 is 1.64 bits per heavy atom. The van der Waals surface area contributed by atoms with Crippen LogP contribution in [0.3, 0.4) is 0 Å². The van der Waals surface area contributed by atoms with Gasteiger partial charge in [0.2, 0.25) is 10.0 Å². The molecule has 0 aliphatic heterocycles. The van der Waals surface area contributed by atoms with Crippen LogP contribution in [-0.4, -0.2) is 14.2 Å². The standard InChI is InChI=1S/C15H13BrN2O3S/c16-12-3-1-11(2-4-12)15(19)9-10-18-13-5-7-14(8-6-13)22(17,20)21/h1-10,18H,(H2,17,20,21). The van der Waals surface area contributed by atoms with E-state index in [2.05, 4.69) is 21.2 Å². The predicted octanol–water partition coefficient (Wildman–Crippen LogP) is 2.91. The summed E-state index contributed by atoms with van der Waals surface area (Å²) in [7, 11) is -3.70. The highest BCUT2D eigenvalue weighted by Gasteiger charge is 2.06. The Labute approximate surface area is 137 Å². The minimum atomic E-state index is -3.70. The molecule has 2 aromatic rings. The summed E-state index contributed by atoms with van der Waals surface area (Å²) in [5.74, 6) is -0.138. The largest absolute Gasteiger partial charge is 0.362 e. The maximum Gasteiger partial charge on any atom is 0.238 e. The molecule has 2 rings (SSSR count). The van der Waals surface area contributed by atoms with Gasteiger partial charge in [-0.05, 0) is 48.5 Å². The van der Waals surface area contributed by atoms with E-state index in [4.69, 9.17) is 5.14 Å². The quantitative estimate of drug-likeness (QED) is 0.616. The monoisotopic (exact) mass is 380 g/mol. The summed E-state index contributed by atoms with van der Waals surface area (Å²) >= 11 is 3.30. The molecule has 0 aromatic heterocycles.